The largest absolute Gasteiger partial charge is 0.488 e. The quantitative estimate of drug-likeness (QED) is 0.463. The monoisotopic (exact) mass is 335 g/mol. The van der Waals surface area contributed by atoms with Crippen LogP contribution in [0.3, 0.4) is 0 Å². The highest BCUT2D eigenvalue weighted by atomic mass is 79.9. The van der Waals surface area contributed by atoms with E-state index in [2.05, 4.69) is 15.9 Å². The van der Waals surface area contributed by atoms with E-state index in [1.54, 1.807) is 18.2 Å². The van der Waals surface area contributed by atoms with Gasteiger partial charge in [-0.1, -0.05) is 45.8 Å². The first-order valence-corrected chi connectivity index (χ1v) is 7.24. The smallest absolute Gasteiger partial charge is 0.276 e. The van der Waals surface area contributed by atoms with Crippen LogP contribution in [-0.2, 0) is 11.9 Å². The fraction of sp³-hybridized carbons (Fsp3) is 0.200. The summed E-state index contributed by atoms with van der Waals surface area (Å²) in [5.74, 6) is 0.741. The summed E-state index contributed by atoms with van der Waals surface area (Å²) < 4.78 is 5.73. The fourth-order valence-electron chi connectivity index (χ4n) is 1.92. The number of hydrogen-bond acceptors (Lipinski definition) is 3. The van der Waals surface area contributed by atoms with Gasteiger partial charge in [0.05, 0.1) is 10.5 Å². The van der Waals surface area contributed by atoms with Gasteiger partial charge in [-0.05, 0) is 19.1 Å². The molecule has 0 amide bonds. The van der Waals surface area contributed by atoms with Crippen LogP contribution in [0, 0.1) is 17.0 Å². The number of benzene rings is 2. The maximum Gasteiger partial charge on any atom is 0.276 e. The van der Waals surface area contributed by atoms with Crippen molar-refractivity contribution in [1.29, 1.82) is 0 Å². The first kappa shape index (κ1) is 14.5. The molecule has 0 saturated carbocycles. The van der Waals surface area contributed by atoms with E-state index in [1.807, 2.05) is 25.1 Å². The summed E-state index contributed by atoms with van der Waals surface area (Å²) in [7, 11) is 0. The number of nitro groups is 1. The molecule has 104 valence electrons. The van der Waals surface area contributed by atoms with E-state index >= 15 is 0 Å². The van der Waals surface area contributed by atoms with E-state index in [0.29, 0.717) is 10.9 Å². The van der Waals surface area contributed by atoms with E-state index in [0.717, 1.165) is 16.9 Å². The zero-order valence-corrected chi connectivity index (χ0v) is 12.6. The molecule has 0 aliphatic rings. The number of ether oxygens (including phenoxy) is 1. The van der Waals surface area contributed by atoms with Crippen molar-refractivity contribution < 1.29 is 9.66 Å². The molecule has 5 heteroatoms. The zero-order valence-electron chi connectivity index (χ0n) is 11.0. The molecule has 0 radical (unpaired) electrons. The SMILES string of the molecule is Cc1ccc(OCc2ccccc2[N+](=O)[O-])c(CBr)c1. The van der Waals surface area contributed by atoms with E-state index in [4.69, 9.17) is 4.74 Å². The molecule has 20 heavy (non-hydrogen) atoms. The number of nitro benzene ring substituents is 1. The summed E-state index contributed by atoms with van der Waals surface area (Å²) in [6, 6.07) is 12.5. The second-order valence-electron chi connectivity index (χ2n) is 4.42. The van der Waals surface area contributed by atoms with Crippen molar-refractivity contribution in [1.82, 2.24) is 0 Å². The predicted octanol–water partition coefficient (Wildman–Crippen LogP) is 4.38. The molecule has 2 aromatic rings. The van der Waals surface area contributed by atoms with E-state index in [9.17, 15) is 10.1 Å². The van der Waals surface area contributed by atoms with Crippen LogP contribution in [0.25, 0.3) is 0 Å². The molecular weight excluding hydrogens is 322 g/mol. The Morgan fingerprint density at radius 3 is 2.65 bits per heavy atom. The van der Waals surface area contributed by atoms with Gasteiger partial charge >= 0.3 is 0 Å². The van der Waals surface area contributed by atoms with Gasteiger partial charge < -0.3 is 4.74 Å². The number of halogens is 1. The Bertz CT molecular complexity index is 628. The molecule has 2 aromatic carbocycles. The molecule has 0 atom stereocenters. The van der Waals surface area contributed by atoms with Gasteiger partial charge in [-0.15, -0.1) is 0 Å². The molecule has 0 aromatic heterocycles. The van der Waals surface area contributed by atoms with Crippen LogP contribution in [0.15, 0.2) is 42.5 Å². The van der Waals surface area contributed by atoms with Gasteiger partial charge in [-0.3, -0.25) is 10.1 Å². The lowest BCUT2D eigenvalue weighted by atomic mass is 10.1. The molecule has 0 aliphatic heterocycles. The molecule has 0 N–H and O–H groups in total. The van der Waals surface area contributed by atoms with Crippen molar-refractivity contribution in [2.45, 2.75) is 18.9 Å². The second-order valence-corrected chi connectivity index (χ2v) is 4.98. The summed E-state index contributed by atoms with van der Waals surface area (Å²) >= 11 is 3.42. The lowest BCUT2D eigenvalue weighted by Gasteiger charge is -2.11. The Kier molecular flexibility index (Phi) is 4.74. The van der Waals surface area contributed by atoms with Crippen LogP contribution in [-0.4, -0.2) is 4.92 Å². The molecule has 0 heterocycles. The predicted molar refractivity (Wildman–Crippen MR) is 81.2 cm³/mol. The minimum atomic E-state index is -0.390. The number of aryl methyl sites for hydroxylation is 1. The molecular formula is C15H14BrNO3. The Hall–Kier alpha value is -1.88. The first-order chi connectivity index (χ1) is 9.61. The third kappa shape index (κ3) is 3.36. The minimum absolute atomic E-state index is 0.0833. The minimum Gasteiger partial charge on any atom is -0.488 e. The van der Waals surface area contributed by atoms with Crippen LogP contribution < -0.4 is 4.74 Å². The zero-order chi connectivity index (χ0) is 14.5. The average molecular weight is 336 g/mol. The van der Waals surface area contributed by atoms with Gasteiger partial charge in [0, 0.05) is 17.0 Å². The highest BCUT2D eigenvalue weighted by Crippen LogP contribution is 2.25. The van der Waals surface area contributed by atoms with Crippen molar-refractivity contribution in [3.63, 3.8) is 0 Å². The van der Waals surface area contributed by atoms with E-state index in [1.165, 1.54) is 6.07 Å². The lowest BCUT2D eigenvalue weighted by molar-refractivity contribution is -0.385. The van der Waals surface area contributed by atoms with Gasteiger partial charge in [0.1, 0.15) is 12.4 Å². The summed E-state index contributed by atoms with van der Waals surface area (Å²) in [4.78, 5) is 10.6. The lowest BCUT2D eigenvalue weighted by Crippen LogP contribution is -2.01. The molecule has 0 saturated heterocycles. The van der Waals surface area contributed by atoms with Crippen molar-refractivity contribution >= 4 is 21.6 Å². The maximum absolute atomic E-state index is 10.9. The van der Waals surface area contributed by atoms with Crippen LogP contribution in [0.5, 0.6) is 5.75 Å². The Labute approximate surface area is 125 Å². The van der Waals surface area contributed by atoms with Crippen LogP contribution >= 0.6 is 15.9 Å². The summed E-state index contributed by atoms with van der Waals surface area (Å²) in [5.41, 5.74) is 2.83. The fourth-order valence-corrected chi connectivity index (χ4v) is 2.36. The normalized spacial score (nSPS) is 10.3. The average Bonchev–Trinajstić information content (AvgIpc) is 2.46. The third-order valence-electron chi connectivity index (χ3n) is 2.93. The molecule has 0 spiro atoms. The van der Waals surface area contributed by atoms with Crippen molar-refractivity contribution in [3.8, 4) is 5.75 Å². The highest BCUT2D eigenvalue weighted by molar-refractivity contribution is 9.08. The van der Waals surface area contributed by atoms with Gasteiger partial charge in [0.25, 0.3) is 5.69 Å². The number of hydrogen-bond donors (Lipinski definition) is 0. The van der Waals surface area contributed by atoms with Crippen molar-refractivity contribution in [2.75, 3.05) is 0 Å². The number of nitrogens with zero attached hydrogens (tertiary/aromatic N) is 1. The molecule has 0 aliphatic carbocycles. The molecule has 0 bridgehead atoms. The second kappa shape index (κ2) is 6.52. The highest BCUT2D eigenvalue weighted by Gasteiger charge is 2.13. The van der Waals surface area contributed by atoms with E-state index < -0.39 is 0 Å². The Morgan fingerprint density at radius 2 is 1.95 bits per heavy atom. The van der Waals surface area contributed by atoms with Crippen LogP contribution in [0.4, 0.5) is 5.69 Å². The maximum atomic E-state index is 10.9. The Balaban J connectivity index is 2.19. The number of rotatable bonds is 5. The third-order valence-corrected chi connectivity index (χ3v) is 3.54. The molecule has 0 fully saturated rings. The Morgan fingerprint density at radius 1 is 1.20 bits per heavy atom. The molecule has 2 rings (SSSR count). The van der Waals surface area contributed by atoms with Gasteiger partial charge in [0.15, 0.2) is 0 Å². The van der Waals surface area contributed by atoms with Crippen molar-refractivity contribution in [2.24, 2.45) is 0 Å². The summed E-state index contributed by atoms with van der Waals surface area (Å²) in [6.07, 6.45) is 0. The van der Waals surface area contributed by atoms with Crippen molar-refractivity contribution in [3.05, 3.63) is 69.3 Å². The standard InChI is InChI=1S/C15H14BrNO3/c1-11-6-7-15(13(8-11)9-16)20-10-12-4-2-3-5-14(12)17(18)19/h2-8H,9-10H2,1H3. The van der Waals surface area contributed by atoms with Gasteiger partial charge in [0.2, 0.25) is 0 Å². The summed E-state index contributed by atoms with van der Waals surface area (Å²) in [6.45, 7) is 2.19. The molecule has 4 nitrogen and oxygen atoms in total. The van der Waals surface area contributed by atoms with Gasteiger partial charge in [-0.25, -0.2) is 0 Å². The number of alkyl halides is 1. The topological polar surface area (TPSA) is 52.4 Å². The summed E-state index contributed by atoms with van der Waals surface area (Å²) in [5, 5.41) is 11.6. The number of para-hydroxylation sites is 1. The van der Waals surface area contributed by atoms with E-state index in [-0.39, 0.29) is 17.2 Å². The first-order valence-electron chi connectivity index (χ1n) is 6.12. The molecule has 0 unspecified atom stereocenters. The van der Waals surface area contributed by atoms with Crippen LogP contribution in [0.1, 0.15) is 16.7 Å². The van der Waals surface area contributed by atoms with Gasteiger partial charge in [-0.2, -0.15) is 0 Å². The van der Waals surface area contributed by atoms with Crippen LogP contribution in [0.2, 0.25) is 0 Å².